The highest BCUT2D eigenvalue weighted by Crippen LogP contribution is 2.41. The van der Waals surface area contributed by atoms with Crippen molar-refractivity contribution >= 4 is 11.8 Å². The second kappa shape index (κ2) is 6.83. The molecular formula is C17H25N3O3. The van der Waals surface area contributed by atoms with E-state index in [1.807, 2.05) is 6.07 Å². The number of piperidine rings is 1. The molecule has 3 rings (SSSR count). The Morgan fingerprint density at radius 2 is 2.30 bits per heavy atom. The summed E-state index contributed by atoms with van der Waals surface area (Å²) in [5.41, 5.74) is 0.405. The maximum atomic E-state index is 11.9. The zero-order chi connectivity index (χ0) is 16.3. The van der Waals surface area contributed by atoms with Gasteiger partial charge >= 0.3 is 5.97 Å². The number of hydrogen-bond acceptors (Lipinski definition) is 5. The molecule has 6 nitrogen and oxygen atoms in total. The van der Waals surface area contributed by atoms with Crippen LogP contribution < -0.4 is 4.90 Å². The molecule has 1 saturated carbocycles. The molecule has 0 bridgehead atoms. The maximum Gasteiger partial charge on any atom is 0.311 e. The Labute approximate surface area is 136 Å². The average molecular weight is 319 g/mol. The van der Waals surface area contributed by atoms with Crippen molar-refractivity contribution in [2.75, 3.05) is 31.7 Å². The van der Waals surface area contributed by atoms with E-state index in [4.69, 9.17) is 4.74 Å². The van der Waals surface area contributed by atoms with Crippen molar-refractivity contribution in [3.05, 3.63) is 18.1 Å². The molecule has 0 radical (unpaired) electrons. The van der Waals surface area contributed by atoms with E-state index < -0.39 is 11.4 Å². The van der Waals surface area contributed by atoms with Crippen molar-refractivity contribution in [3.63, 3.8) is 0 Å². The second-order valence-corrected chi connectivity index (χ2v) is 6.78. The van der Waals surface area contributed by atoms with Crippen LogP contribution >= 0.6 is 0 Å². The van der Waals surface area contributed by atoms with Gasteiger partial charge in [-0.2, -0.15) is 0 Å². The van der Waals surface area contributed by atoms with Crippen molar-refractivity contribution in [2.24, 2.45) is 5.41 Å². The maximum absolute atomic E-state index is 11.9. The monoisotopic (exact) mass is 319 g/mol. The van der Waals surface area contributed by atoms with Crippen LogP contribution in [-0.2, 0) is 9.53 Å². The number of anilines is 1. The summed E-state index contributed by atoms with van der Waals surface area (Å²) in [5, 5.41) is 9.81. The van der Waals surface area contributed by atoms with Crippen molar-refractivity contribution in [3.8, 4) is 0 Å². The number of carbonyl (C=O) groups is 1. The Kier molecular flexibility index (Phi) is 4.80. The van der Waals surface area contributed by atoms with E-state index in [0.717, 1.165) is 37.3 Å². The molecule has 0 amide bonds. The van der Waals surface area contributed by atoms with Gasteiger partial charge in [-0.3, -0.25) is 4.79 Å². The predicted octanol–water partition coefficient (Wildman–Crippen LogP) is 2.45. The van der Waals surface area contributed by atoms with Crippen LogP contribution in [-0.4, -0.2) is 47.8 Å². The number of aromatic nitrogens is 2. The van der Waals surface area contributed by atoms with Crippen LogP contribution in [0.1, 0.15) is 50.1 Å². The highest BCUT2D eigenvalue weighted by Gasteiger charge is 2.42. The summed E-state index contributed by atoms with van der Waals surface area (Å²) < 4.78 is 5.09. The molecule has 1 aromatic rings. The molecule has 1 aromatic heterocycles. The minimum absolute atomic E-state index is 0.521. The van der Waals surface area contributed by atoms with Crippen molar-refractivity contribution in [1.29, 1.82) is 0 Å². The largest absolute Gasteiger partial charge is 0.481 e. The highest BCUT2D eigenvalue weighted by atomic mass is 16.5. The molecule has 1 aliphatic heterocycles. The molecule has 2 heterocycles. The lowest BCUT2D eigenvalue weighted by molar-refractivity contribution is -0.150. The molecule has 0 spiro atoms. The molecule has 6 heteroatoms. The third-order valence-electron chi connectivity index (χ3n) is 5.03. The van der Waals surface area contributed by atoms with E-state index in [1.165, 1.54) is 12.8 Å². The predicted molar refractivity (Wildman–Crippen MR) is 86.6 cm³/mol. The molecule has 1 N–H and O–H groups in total. The topological polar surface area (TPSA) is 75.6 Å². The second-order valence-electron chi connectivity index (χ2n) is 6.78. The van der Waals surface area contributed by atoms with Crippen LogP contribution in [0.3, 0.4) is 0 Å². The Hall–Kier alpha value is -1.69. The molecule has 2 fully saturated rings. The number of methoxy groups -OCH3 is 1. The zero-order valence-corrected chi connectivity index (χ0v) is 13.7. The Morgan fingerprint density at radius 1 is 1.48 bits per heavy atom. The van der Waals surface area contributed by atoms with Crippen LogP contribution in [0.5, 0.6) is 0 Å². The van der Waals surface area contributed by atoms with E-state index >= 15 is 0 Å². The fraction of sp³-hybridized carbons (Fsp3) is 0.706. The summed E-state index contributed by atoms with van der Waals surface area (Å²) in [5.74, 6) is 0.751. The summed E-state index contributed by atoms with van der Waals surface area (Å²) >= 11 is 0. The first kappa shape index (κ1) is 16.2. The number of carboxylic acids is 1. The summed E-state index contributed by atoms with van der Waals surface area (Å²) in [6.45, 7) is 1.99. The molecular weight excluding hydrogens is 294 g/mol. The van der Waals surface area contributed by atoms with Gasteiger partial charge in [0.15, 0.2) is 0 Å². The van der Waals surface area contributed by atoms with Crippen LogP contribution in [0, 0.1) is 5.41 Å². The van der Waals surface area contributed by atoms with Gasteiger partial charge in [0, 0.05) is 44.5 Å². The average Bonchev–Trinajstić information content (AvgIpc) is 3.40. The number of nitrogens with zero attached hydrogens (tertiary/aromatic N) is 3. The number of ether oxygens (including phenoxy) is 1. The van der Waals surface area contributed by atoms with Gasteiger partial charge in [-0.05, 0) is 38.5 Å². The number of carboxylic acid groups (broad SMARTS) is 1. The standard InChI is InChI=1S/C17H25N3O3/c1-23-9-3-7-17(16(21)22)6-2-8-20(11-17)15-10-14(13-4-5-13)18-12-19-15/h10,12-13H,2-9,11H2,1H3,(H,21,22). The van der Waals surface area contributed by atoms with E-state index in [9.17, 15) is 9.90 Å². The van der Waals surface area contributed by atoms with E-state index in [0.29, 0.717) is 25.5 Å². The Balaban J connectivity index is 1.75. The molecule has 0 aromatic carbocycles. The van der Waals surface area contributed by atoms with E-state index in [-0.39, 0.29) is 0 Å². The lowest BCUT2D eigenvalue weighted by Gasteiger charge is -2.40. The first-order chi connectivity index (χ1) is 11.1. The quantitative estimate of drug-likeness (QED) is 0.778. The first-order valence-corrected chi connectivity index (χ1v) is 8.44. The molecule has 1 saturated heterocycles. The summed E-state index contributed by atoms with van der Waals surface area (Å²) in [7, 11) is 1.65. The van der Waals surface area contributed by atoms with Gasteiger partial charge in [-0.15, -0.1) is 0 Å². The van der Waals surface area contributed by atoms with E-state index in [1.54, 1.807) is 13.4 Å². The highest BCUT2D eigenvalue weighted by molar-refractivity contribution is 5.76. The van der Waals surface area contributed by atoms with Gasteiger partial charge in [0.1, 0.15) is 12.1 Å². The SMILES string of the molecule is COCCCC1(C(=O)O)CCCN(c2cc(C3CC3)ncn2)C1. The van der Waals surface area contributed by atoms with Crippen LogP contribution in [0.2, 0.25) is 0 Å². The fourth-order valence-electron chi connectivity index (χ4n) is 3.50. The minimum Gasteiger partial charge on any atom is -0.481 e. The van der Waals surface area contributed by atoms with Gasteiger partial charge in [-0.1, -0.05) is 0 Å². The molecule has 126 valence electrons. The van der Waals surface area contributed by atoms with Gasteiger partial charge in [-0.25, -0.2) is 9.97 Å². The smallest absolute Gasteiger partial charge is 0.311 e. The van der Waals surface area contributed by atoms with Gasteiger partial charge in [0.05, 0.1) is 5.41 Å². The zero-order valence-electron chi connectivity index (χ0n) is 13.7. The van der Waals surface area contributed by atoms with Gasteiger partial charge < -0.3 is 14.7 Å². The molecule has 1 unspecified atom stereocenters. The van der Waals surface area contributed by atoms with Crippen LogP contribution in [0.15, 0.2) is 12.4 Å². The molecule has 23 heavy (non-hydrogen) atoms. The van der Waals surface area contributed by atoms with Crippen LogP contribution in [0.25, 0.3) is 0 Å². The summed E-state index contributed by atoms with van der Waals surface area (Å²) in [4.78, 5) is 22.8. The van der Waals surface area contributed by atoms with Crippen molar-refractivity contribution < 1.29 is 14.6 Å². The number of rotatable bonds is 7. The third kappa shape index (κ3) is 3.63. The lowest BCUT2D eigenvalue weighted by Crippen LogP contribution is -2.48. The summed E-state index contributed by atoms with van der Waals surface area (Å²) in [6.07, 6.45) is 7.04. The van der Waals surface area contributed by atoms with E-state index in [2.05, 4.69) is 14.9 Å². The fourth-order valence-corrected chi connectivity index (χ4v) is 3.50. The van der Waals surface area contributed by atoms with Gasteiger partial charge in [0.2, 0.25) is 0 Å². The Bertz CT molecular complexity index is 562. The third-order valence-corrected chi connectivity index (χ3v) is 5.03. The van der Waals surface area contributed by atoms with Gasteiger partial charge in [0.25, 0.3) is 0 Å². The lowest BCUT2D eigenvalue weighted by atomic mass is 9.76. The van der Waals surface area contributed by atoms with Crippen LogP contribution in [0.4, 0.5) is 5.82 Å². The number of hydrogen-bond donors (Lipinski definition) is 1. The van der Waals surface area contributed by atoms with Crippen molar-refractivity contribution in [2.45, 2.75) is 44.4 Å². The Morgan fingerprint density at radius 3 is 3.00 bits per heavy atom. The molecule has 1 aliphatic carbocycles. The van der Waals surface area contributed by atoms with Crippen molar-refractivity contribution in [1.82, 2.24) is 9.97 Å². The first-order valence-electron chi connectivity index (χ1n) is 8.44. The molecule has 1 atom stereocenters. The molecule has 2 aliphatic rings. The minimum atomic E-state index is -0.699. The normalized spacial score (nSPS) is 24.7. The number of aliphatic carboxylic acids is 1. The summed E-state index contributed by atoms with van der Waals surface area (Å²) in [6, 6.07) is 2.05.